The molecule has 0 spiro atoms. The summed E-state index contributed by atoms with van der Waals surface area (Å²) in [4.78, 5) is 13.5. The van der Waals surface area contributed by atoms with E-state index in [9.17, 15) is 63.1 Å². The van der Waals surface area contributed by atoms with Crippen LogP contribution >= 0.6 is 33.2 Å². The number of rotatable bonds is 21. The van der Waals surface area contributed by atoms with Crippen LogP contribution in [0.25, 0.3) is 0 Å². The quantitative estimate of drug-likeness (QED) is 0.00473. The maximum absolute atomic E-state index is 13.0. The Balaban J connectivity index is 1.89. The lowest BCUT2D eigenvalue weighted by Gasteiger charge is -2.31. The molecule has 29 nitrogen and oxygen atoms in total. The first-order valence-electron chi connectivity index (χ1n) is 17.5. The molecule has 13 N–H and O–H groups in total. The van der Waals surface area contributed by atoms with Gasteiger partial charge < -0.3 is 35.3 Å². The van der Waals surface area contributed by atoms with Gasteiger partial charge in [-0.25, -0.2) is 12.6 Å². The standard InChI is InChI=1S/C32H36N10O19S6/c1-42(41-45)10-14-63(46,47)23-8-9-24(25(18-23)65(50,51)52)37-39-30-26(32(43)44)29(38-35-19-4-2-6-21(16-19)62-13-11-59-61-67(56,57)58)27(33)31(28(30)34)40-36-20-5-3-7-22(17-20)64(48,49)15-12-60-66(53,54)55/h2-9,16-18,32,43-44,48-52H,10,12,14-15,33-34H2,1H3,(H,53,54,55)(H,56,57,58). The molecule has 0 unspecified atom stereocenters. The molecule has 0 saturated carbocycles. The van der Waals surface area contributed by atoms with Crippen LogP contribution < -0.4 is 11.5 Å². The van der Waals surface area contributed by atoms with E-state index in [-0.39, 0.29) is 22.8 Å². The number of nitrogens with two attached hydrogens (primary N) is 2. The minimum absolute atomic E-state index is 0.0440. The van der Waals surface area contributed by atoms with Crippen molar-refractivity contribution < 1.29 is 80.7 Å². The molecule has 4 aromatic rings. The van der Waals surface area contributed by atoms with E-state index in [0.29, 0.717) is 11.0 Å². The number of aliphatic hydroxyl groups is 2. The minimum Gasteiger partial charge on any atom is -0.395 e. The SMILES string of the molecule is CN(CCS(=O)(=O)c1ccc(N=Nc2c(N)c(N=Nc3cccc(S(O)(O)CCOS(=O)(=O)O)c3)c(N)c(N=Nc3cccc(SC#COOS(=O)(=O)O)c3)c2C(O)O)c(S(O)(O)O)c1)N=O. The molecule has 0 atom stereocenters. The Labute approximate surface area is 386 Å². The topological polar surface area (TPSA) is 471 Å². The van der Waals surface area contributed by atoms with Crippen molar-refractivity contribution in [2.24, 2.45) is 36.0 Å². The van der Waals surface area contributed by atoms with Gasteiger partial charge in [-0.3, -0.25) is 28.1 Å². The third-order valence-corrected chi connectivity index (χ3v) is 13.7. The van der Waals surface area contributed by atoms with Gasteiger partial charge in [-0.1, -0.05) is 12.1 Å². The fourth-order valence-electron chi connectivity index (χ4n) is 4.95. The Bertz CT molecular complexity index is 2980. The van der Waals surface area contributed by atoms with E-state index in [1.807, 2.05) is 6.11 Å². The van der Waals surface area contributed by atoms with Crippen molar-refractivity contribution in [1.29, 1.82) is 0 Å². The van der Waals surface area contributed by atoms with E-state index in [1.165, 1.54) is 49.5 Å². The van der Waals surface area contributed by atoms with E-state index >= 15 is 0 Å². The van der Waals surface area contributed by atoms with Gasteiger partial charge in [0.1, 0.15) is 33.6 Å². The molecule has 0 aromatic heterocycles. The predicted molar refractivity (Wildman–Crippen MR) is 239 cm³/mol. The molecule has 4 aromatic carbocycles. The zero-order chi connectivity index (χ0) is 50.0. The third-order valence-electron chi connectivity index (χ3n) is 7.97. The van der Waals surface area contributed by atoms with Crippen molar-refractivity contribution in [1.82, 2.24) is 5.01 Å². The molecule has 0 heterocycles. The zero-order valence-electron chi connectivity index (χ0n) is 33.5. The molecule has 0 aliphatic heterocycles. The highest BCUT2D eigenvalue weighted by Crippen LogP contribution is 2.53. The van der Waals surface area contributed by atoms with Crippen molar-refractivity contribution in [3.05, 3.63) is 77.2 Å². The Morgan fingerprint density at radius 1 is 0.716 bits per heavy atom. The van der Waals surface area contributed by atoms with E-state index < -0.39 is 126 Å². The van der Waals surface area contributed by atoms with Gasteiger partial charge in [0.2, 0.25) is 0 Å². The van der Waals surface area contributed by atoms with E-state index in [1.54, 1.807) is 0 Å². The fraction of sp³-hybridized carbons (Fsp3) is 0.188. The van der Waals surface area contributed by atoms with Crippen molar-refractivity contribution in [3.8, 4) is 11.4 Å². The van der Waals surface area contributed by atoms with Gasteiger partial charge >= 0.3 is 20.8 Å². The number of benzene rings is 4. The number of hydrogen-bond acceptors (Lipinski definition) is 27. The summed E-state index contributed by atoms with van der Waals surface area (Å²) in [5, 5.41) is 51.0. The van der Waals surface area contributed by atoms with E-state index in [2.05, 4.69) is 54.6 Å². The van der Waals surface area contributed by atoms with Crippen LogP contribution in [0, 0.1) is 16.3 Å². The monoisotopic (exact) mass is 1060 g/mol. The van der Waals surface area contributed by atoms with Crippen LogP contribution in [0.3, 0.4) is 0 Å². The van der Waals surface area contributed by atoms with Crippen molar-refractivity contribution >= 4 is 109 Å². The first-order valence-corrected chi connectivity index (χ1v) is 25.9. The highest BCUT2D eigenvalue weighted by molar-refractivity contribution is 8.24. The molecule has 0 saturated heterocycles. The van der Waals surface area contributed by atoms with Gasteiger partial charge in [-0.05, 0) is 70.7 Å². The molecule has 0 aliphatic carbocycles. The van der Waals surface area contributed by atoms with Crippen LogP contribution in [0.1, 0.15) is 11.9 Å². The average molecular weight is 1060 g/mol. The smallest absolute Gasteiger partial charge is 0.395 e. The van der Waals surface area contributed by atoms with Crippen LogP contribution in [0.2, 0.25) is 0 Å². The highest BCUT2D eigenvalue weighted by Gasteiger charge is 2.28. The number of nitrogens with zero attached hydrogens (tertiary/aromatic N) is 8. The largest absolute Gasteiger partial charge is 0.433 e. The zero-order valence-corrected chi connectivity index (χ0v) is 38.4. The normalized spacial score (nSPS) is 13.3. The molecule has 0 amide bonds. The number of nitroso groups, excluding NO2 is 1. The lowest BCUT2D eigenvalue weighted by atomic mass is 10.0. The van der Waals surface area contributed by atoms with Crippen LogP contribution in [-0.4, -0.2) is 104 Å². The maximum Gasteiger partial charge on any atom is 0.433 e. The van der Waals surface area contributed by atoms with E-state index in [4.69, 9.17) is 20.6 Å². The molecule has 0 fully saturated rings. The molecule has 364 valence electrons. The first kappa shape index (κ1) is 54.1. The third kappa shape index (κ3) is 16.1. The minimum atomic E-state index is -4.94. The van der Waals surface area contributed by atoms with Gasteiger partial charge in [0.15, 0.2) is 22.2 Å². The van der Waals surface area contributed by atoms with Gasteiger partial charge in [0.25, 0.3) is 0 Å². The molecule has 67 heavy (non-hydrogen) atoms. The number of sulfone groups is 1. The number of thioether (sulfide) groups is 1. The van der Waals surface area contributed by atoms with Crippen LogP contribution in [0.4, 0.5) is 45.5 Å². The summed E-state index contributed by atoms with van der Waals surface area (Å²) in [6.45, 7) is -1.18. The second kappa shape index (κ2) is 22.5. The summed E-state index contributed by atoms with van der Waals surface area (Å²) >= 11 is 0.758. The fourth-order valence-corrected chi connectivity index (χ4v) is 9.21. The molecule has 35 heteroatoms. The van der Waals surface area contributed by atoms with Gasteiger partial charge in [0, 0.05) is 17.2 Å². The van der Waals surface area contributed by atoms with Crippen molar-refractivity contribution in [3.63, 3.8) is 0 Å². The van der Waals surface area contributed by atoms with Crippen LogP contribution in [-0.2, 0) is 44.0 Å². The number of aliphatic hydroxyl groups excluding tert-OH is 1. The van der Waals surface area contributed by atoms with E-state index in [0.717, 1.165) is 35.0 Å². The molecular formula is C32H36N10O19S6. The molecule has 0 bridgehead atoms. The Kier molecular flexibility index (Phi) is 18.2. The highest BCUT2D eigenvalue weighted by atomic mass is 32.3. The molecule has 4 rings (SSSR count). The maximum atomic E-state index is 13.0. The average Bonchev–Trinajstić information content (AvgIpc) is 3.23. The summed E-state index contributed by atoms with van der Waals surface area (Å²) in [6, 6.07) is 13.3. The lowest BCUT2D eigenvalue weighted by molar-refractivity contribution is -0.135. The molecular weight excluding hydrogens is 1020 g/mol. The summed E-state index contributed by atoms with van der Waals surface area (Å²) in [7, 11) is -21.4. The first-order chi connectivity index (χ1) is 31.1. The summed E-state index contributed by atoms with van der Waals surface area (Å²) in [5.41, 5.74) is 8.53. The predicted octanol–water partition coefficient (Wildman–Crippen LogP) is 6.74. The molecule has 0 radical (unpaired) electrons. The summed E-state index contributed by atoms with van der Waals surface area (Å²) in [5.74, 6) is -1.35. The van der Waals surface area contributed by atoms with Gasteiger partial charge in [0.05, 0.1) is 72.9 Å². The van der Waals surface area contributed by atoms with Gasteiger partial charge in [-0.2, -0.15) is 37.7 Å². The number of hydrogen-bond donors (Lipinski definition) is 11. The summed E-state index contributed by atoms with van der Waals surface area (Å²) in [6.07, 6.45) is -0.707. The Hall–Kier alpha value is -5.50. The number of anilines is 2. The molecule has 0 aliphatic rings. The van der Waals surface area contributed by atoms with Crippen molar-refractivity contribution in [2.75, 3.05) is 43.2 Å². The Morgan fingerprint density at radius 3 is 1.90 bits per heavy atom. The Morgan fingerprint density at radius 2 is 1.31 bits per heavy atom. The number of nitrogen functional groups attached to an aromatic ring is 2. The second-order valence-electron chi connectivity index (χ2n) is 12.7. The van der Waals surface area contributed by atoms with Gasteiger partial charge in [-0.15, -0.1) is 25.4 Å². The van der Waals surface area contributed by atoms with Crippen LogP contribution in [0.5, 0.6) is 0 Å². The number of azo groups is 3. The van der Waals surface area contributed by atoms with Crippen molar-refractivity contribution in [2.45, 2.75) is 25.9 Å². The lowest BCUT2D eigenvalue weighted by Crippen LogP contribution is -2.21. The van der Waals surface area contributed by atoms with Crippen LogP contribution in [0.15, 0.2) is 122 Å². The second-order valence-corrected chi connectivity index (χ2v) is 21.5. The summed E-state index contributed by atoms with van der Waals surface area (Å²) < 4.78 is 147.